The van der Waals surface area contributed by atoms with Crippen LogP contribution >= 0.6 is 0 Å². The maximum atomic E-state index is 6.20. The van der Waals surface area contributed by atoms with E-state index in [1.807, 2.05) is 19.3 Å². The Morgan fingerprint density at radius 2 is 2.00 bits per heavy atom. The van der Waals surface area contributed by atoms with E-state index < -0.39 is 0 Å². The zero-order chi connectivity index (χ0) is 11.7. The lowest BCUT2D eigenvalue weighted by atomic mass is 9.98. The molecule has 1 aromatic carbocycles. The summed E-state index contributed by atoms with van der Waals surface area (Å²) in [5.74, 6) is 0. The molecule has 0 amide bonds. The highest BCUT2D eigenvalue weighted by molar-refractivity contribution is 5.36. The Balaban J connectivity index is 2.37. The first-order valence-corrected chi connectivity index (χ1v) is 5.40. The Morgan fingerprint density at radius 3 is 2.56 bits per heavy atom. The molecular formula is C13H17N3. The zero-order valence-corrected chi connectivity index (χ0v) is 9.94. The number of hydrogen-bond acceptors (Lipinski definition) is 2. The summed E-state index contributed by atoms with van der Waals surface area (Å²) in [4.78, 5) is 0. The van der Waals surface area contributed by atoms with Gasteiger partial charge in [-0.25, -0.2) is 0 Å². The predicted octanol–water partition coefficient (Wildman–Crippen LogP) is 2.09. The van der Waals surface area contributed by atoms with Gasteiger partial charge in [-0.2, -0.15) is 5.10 Å². The van der Waals surface area contributed by atoms with Crippen molar-refractivity contribution >= 4 is 0 Å². The van der Waals surface area contributed by atoms with E-state index in [0.29, 0.717) is 0 Å². The van der Waals surface area contributed by atoms with Gasteiger partial charge in [0, 0.05) is 13.2 Å². The van der Waals surface area contributed by atoms with Crippen molar-refractivity contribution in [2.75, 3.05) is 0 Å². The van der Waals surface area contributed by atoms with E-state index in [4.69, 9.17) is 5.73 Å². The van der Waals surface area contributed by atoms with Crippen molar-refractivity contribution < 1.29 is 0 Å². The van der Waals surface area contributed by atoms with Gasteiger partial charge in [0.15, 0.2) is 0 Å². The fourth-order valence-electron chi connectivity index (χ4n) is 1.93. The van der Waals surface area contributed by atoms with Crippen LogP contribution in [0, 0.1) is 13.8 Å². The molecule has 1 atom stereocenters. The Kier molecular flexibility index (Phi) is 2.79. The van der Waals surface area contributed by atoms with Crippen molar-refractivity contribution in [1.29, 1.82) is 0 Å². The zero-order valence-electron chi connectivity index (χ0n) is 9.94. The van der Waals surface area contributed by atoms with Gasteiger partial charge in [0.05, 0.1) is 11.7 Å². The van der Waals surface area contributed by atoms with Crippen LogP contribution in [-0.2, 0) is 7.05 Å². The molecule has 0 saturated heterocycles. The summed E-state index contributed by atoms with van der Waals surface area (Å²) < 4.78 is 1.78. The Bertz CT molecular complexity index is 500. The molecule has 1 unspecified atom stereocenters. The fourth-order valence-corrected chi connectivity index (χ4v) is 1.93. The third-order valence-electron chi connectivity index (χ3n) is 2.81. The quantitative estimate of drug-likeness (QED) is 0.833. The Hall–Kier alpha value is -1.61. The molecule has 2 aromatic rings. The molecule has 84 valence electrons. The van der Waals surface area contributed by atoms with E-state index in [1.54, 1.807) is 4.68 Å². The van der Waals surface area contributed by atoms with E-state index in [2.05, 4.69) is 37.1 Å². The Labute approximate surface area is 95.9 Å². The van der Waals surface area contributed by atoms with E-state index in [0.717, 1.165) is 11.3 Å². The summed E-state index contributed by atoms with van der Waals surface area (Å²) in [6.45, 7) is 4.17. The monoisotopic (exact) mass is 215 g/mol. The molecule has 0 aliphatic heterocycles. The normalized spacial score (nSPS) is 12.8. The van der Waals surface area contributed by atoms with Gasteiger partial charge < -0.3 is 5.73 Å². The van der Waals surface area contributed by atoms with Gasteiger partial charge in [0.2, 0.25) is 0 Å². The molecule has 3 heteroatoms. The van der Waals surface area contributed by atoms with Gasteiger partial charge in [-0.3, -0.25) is 4.68 Å². The van der Waals surface area contributed by atoms with Gasteiger partial charge in [-0.1, -0.05) is 23.8 Å². The summed E-state index contributed by atoms with van der Waals surface area (Å²) in [5.41, 5.74) is 10.7. The van der Waals surface area contributed by atoms with Crippen molar-refractivity contribution in [1.82, 2.24) is 9.78 Å². The van der Waals surface area contributed by atoms with Gasteiger partial charge in [0.1, 0.15) is 0 Å². The first-order valence-electron chi connectivity index (χ1n) is 5.40. The van der Waals surface area contributed by atoms with Gasteiger partial charge in [-0.15, -0.1) is 0 Å². The second-order valence-electron chi connectivity index (χ2n) is 4.25. The molecule has 0 spiro atoms. The van der Waals surface area contributed by atoms with E-state index in [1.165, 1.54) is 11.1 Å². The third-order valence-corrected chi connectivity index (χ3v) is 2.81. The molecule has 3 nitrogen and oxygen atoms in total. The summed E-state index contributed by atoms with van der Waals surface area (Å²) in [5, 5.41) is 4.34. The fraction of sp³-hybridized carbons (Fsp3) is 0.308. The van der Waals surface area contributed by atoms with Crippen LogP contribution in [0.2, 0.25) is 0 Å². The number of nitrogens with two attached hydrogens (primary N) is 1. The standard InChI is InChI=1S/C13H17N3/c1-9-4-5-11(10(2)8-9)13(14)12-6-7-16(3)15-12/h4-8,13H,14H2,1-3H3. The maximum Gasteiger partial charge on any atom is 0.0837 e. The lowest BCUT2D eigenvalue weighted by molar-refractivity contribution is 0.714. The van der Waals surface area contributed by atoms with E-state index in [-0.39, 0.29) is 6.04 Å². The number of aryl methyl sites for hydroxylation is 3. The number of nitrogens with zero attached hydrogens (tertiary/aromatic N) is 2. The van der Waals surface area contributed by atoms with Crippen LogP contribution in [0.4, 0.5) is 0 Å². The highest BCUT2D eigenvalue weighted by Gasteiger charge is 2.13. The largest absolute Gasteiger partial charge is 0.319 e. The average Bonchev–Trinajstić information content (AvgIpc) is 2.64. The average molecular weight is 215 g/mol. The van der Waals surface area contributed by atoms with Gasteiger partial charge in [0.25, 0.3) is 0 Å². The second kappa shape index (κ2) is 4.10. The van der Waals surface area contributed by atoms with Crippen molar-refractivity contribution in [3.05, 3.63) is 52.8 Å². The first kappa shape index (κ1) is 10.9. The van der Waals surface area contributed by atoms with Crippen LogP contribution < -0.4 is 5.73 Å². The summed E-state index contributed by atoms with van der Waals surface area (Å²) in [6.07, 6.45) is 1.92. The van der Waals surface area contributed by atoms with E-state index in [9.17, 15) is 0 Å². The molecule has 0 saturated carbocycles. The molecule has 0 bridgehead atoms. The lowest BCUT2D eigenvalue weighted by Crippen LogP contribution is -2.14. The summed E-state index contributed by atoms with van der Waals surface area (Å²) in [6, 6.07) is 8.15. The molecule has 1 heterocycles. The molecule has 1 aromatic heterocycles. The highest BCUT2D eigenvalue weighted by Crippen LogP contribution is 2.21. The first-order chi connectivity index (χ1) is 7.58. The molecular weight excluding hydrogens is 198 g/mol. The number of hydrogen-bond donors (Lipinski definition) is 1. The van der Waals surface area contributed by atoms with Crippen LogP contribution in [0.15, 0.2) is 30.5 Å². The van der Waals surface area contributed by atoms with Crippen molar-refractivity contribution in [2.45, 2.75) is 19.9 Å². The van der Waals surface area contributed by atoms with Crippen LogP contribution in [0.5, 0.6) is 0 Å². The molecule has 0 aliphatic carbocycles. The predicted molar refractivity (Wildman–Crippen MR) is 65.2 cm³/mol. The summed E-state index contributed by atoms with van der Waals surface area (Å²) in [7, 11) is 1.90. The molecule has 2 N–H and O–H groups in total. The molecule has 0 radical (unpaired) electrons. The number of aromatic nitrogens is 2. The van der Waals surface area contributed by atoms with Gasteiger partial charge >= 0.3 is 0 Å². The van der Waals surface area contributed by atoms with Crippen molar-refractivity contribution in [3.8, 4) is 0 Å². The van der Waals surface area contributed by atoms with Crippen LogP contribution in [0.25, 0.3) is 0 Å². The Morgan fingerprint density at radius 1 is 1.25 bits per heavy atom. The molecule has 0 fully saturated rings. The second-order valence-corrected chi connectivity index (χ2v) is 4.25. The molecule has 2 rings (SSSR count). The number of benzene rings is 1. The minimum atomic E-state index is -0.137. The SMILES string of the molecule is Cc1ccc(C(N)c2ccn(C)n2)c(C)c1. The molecule has 0 aliphatic rings. The smallest absolute Gasteiger partial charge is 0.0837 e. The summed E-state index contributed by atoms with van der Waals surface area (Å²) >= 11 is 0. The van der Waals surface area contributed by atoms with E-state index >= 15 is 0 Å². The lowest BCUT2D eigenvalue weighted by Gasteiger charge is -2.13. The van der Waals surface area contributed by atoms with Crippen molar-refractivity contribution in [3.63, 3.8) is 0 Å². The van der Waals surface area contributed by atoms with Crippen LogP contribution in [0.3, 0.4) is 0 Å². The molecule has 16 heavy (non-hydrogen) atoms. The topological polar surface area (TPSA) is 43.8 Å². The van der Waals surface area contributed by atoms with Gasteiger partial charge in [-0.05, 0) is 31.0 Å². The highest BCUT2D eigenvalue weighted by atomic mass is 15.3. The minimum absolute atomic E-state index is 0.137. The van der Waals surface area contributed by atoms with Crippen LogP contribution in [-0.4, -0.2) is 9.78 Å². The maximum absolute atomic E-state index is 6.20. The van der Waals surface area contributed by atoms with Crippen LogP contribution in [0.1, 0.15) is 28.4 Å². The third kappa shape index (κ3) is 1.99. The minimum Gasteiger partial charge on any atom is -0.319 e. The van der Waals surface area contributed by atoms with Crippen molar-refractivity contribution in [2.24, 2.45) is 12.8 Å². The number of rotatable bonds is 2.